The standard InChI is InChI=1S/C11H12F3N3O3/c1-5-4-15-7(3-6(5)11(12,13)14)17-9(19)8(18)16(2)10(17)20/h3-4,8-9,18-19H,1-2H3. The summed E-state index contributed by atoms with van der Waals surface area (Å²) in [6.45, 7) is 1.24. The predicted octanol–water partition coefficient (Wildman–Crippen LogP) is 0.917. The van der Waals surface area contributed by atoms with Crippen molar-refractivity contribution in [3.63, 3.8) is 0 Å². The van der Waals surface area contributed by atoms with Gasteiger partial charge in [0.05, 0.1) is 5.56 Å². The fourth-order valence-corrected chi connectivity index (χ4v) is 1.91. The zero-order valence-electron chi connectivity index (χ0n) is 10.6. The van der Waals surface area contributed by atoms with Crippen molar-refractivity contribution in [1.82, 2.24) is 9.88 Å². The molecule has 2 amide bonds. The third-order valence-corrected chi connectivity index (χ3v) is 3.08. The van der Waals surface area contributed by atoms with Crippen molar-refractivity contribution in [2.75, 3.05) is 11.9 Å². The van der Waals surface area contributed by atoms with Crippen LogP contribution >= 0.6 is 0 Å². The van der Waals surface area contributed by atoms with Crippen molar-refractivity contribution in [2.24, 2.45) is 0 Å². The number of hydrogen-bond acceptors (Lipinski definition) is 4. The number of aromatic nitrogens is 1. The molecule has 110 valence electrons. The van der Waals surface area contributed by atoms with E-state index in [0.29, 0.717) is 11.0 Å². The Kier molecular flexibility index (Phi) is 3.34. The molecule has 9 heteroatoms. The molecule has 2 heterocycles. The molecule has 0 aliphatic carbocycles. The number of aryl methyl sites for hydroxylation is 1. The highest BCUT2D eigenvalue weighted by atomic mass is 19.4. The Morgan fingerprint density at radius 1 is 1.30 bits per heavy atom. The Morgan fingerprint density at radius 3 is 2.35 bits per heavy atom. The van der Waals surface area contributed by atoms with Crippen LogP contribution in [0.3, 0.4) is 0 Å². The van der Waals surface area contributed by atoms with Gasteiger partial charge in [0.25, 0.3) is 0 Å². The number of carbonyl (C=O) groups is 1. The lowest BCUT2D eigenvalue weighted by Crippen LogP contribution is -2.37. The van der Waals surface area contributed by atoms with Gasteiger partial charge in [-0.15, -0.1) is 0 Å². The fraction of sp³-hybridized carbons (Fsp3) is 0.455. The summed E-state index contributed by atoms with van der Waals surface area (Å²) in [6.07, 6.45) is -6.84. The van der Waals surface area contributed by atoms with E-state index in [1.54, 1.807) is 0 Å². The molecule has 1 fully saturated rings. The maximum atomic E-state index is 12.8. The van der Waals surface area contributed by atoms with Crippen LogP contribution in [0, 0.1) is 6.92 Å². The molecule has 20 heavy (non-hydrogen) atoms. The molecule has 0 radical (unpaired) electrons. The molecule has 6 nitrogen and oxygen atoms in total. The Morgan fingerprint density at radius 2 is 1.90 bits per heavy atom. The molecule has 1 aromatic rings. The van der Waals surface area contributed by atoms with Crippen LogP contribution in [0.4, 0.5) is 23.8 Å². The normalized spacial score (nSPS) is 23.6. The van der Waals surface area contributed by atoms with Crippen LogP contribution in [-0.2, 0) is 6.18 Å². The Labute approximate surface area is 112 Å². The van der Waals surface area contributed by atoms with E-state index in [9.17, 15) is 28.2 Å². The molecular formula is C11H12F3N3O3. The van der Waals surface area contributed by atoms with Gasteiger partial charge in [0.15, 0.2) is 12.5 Å². The molecule has 0 saturated carbocycles. The second kappa shape index (κ2) is 4.60. The number of rotatable bonds is 1. The van der Waals surface area contributed by atoms with Crippen LogP contribution in [-0.4, -0.2) is 45.6 Å². The molecule has 0 aromatic carbocycles. The van der Waals surface area contributed by atoms with E-state index in [-0.39, 0.29) is 11.4 Å². The maximum Gasteiger partial charge on any atom is 0.416 e. The second-order valence-corrected chi connectivity index (χ2v) is 4.45. The number of anilines is 1. The minimum Gasteiger partial charge on any atom is -0.369 e. The number of amides is 2. The first kappa shape index (κ1) is 14.5. The van der Waals surface area contributed by atoms with Crippen LogP contribution in [0.2, 0.25) is 0 Å². The summed E-state index contributed by atoms with van der Waals surface area (Å²) in [5, 5.41) is 19.2. The van der Waals surface area contributed by atoms with Gasteiger partial charge in [0, 0.05) is 13.2 Å². The number of aliphatic hydroxyl groups excluding tert-OH is 2. The number of nitrogens with zero attached hydrogens (tertiary/aromatic N) is 3. The number of alkyl halides is 3. The molecule has 2 rings (SSSR count). The number of urea groups is 1. The SMILES string of the molecule is Cc1cnc(N2C(=O)N(C)C(O)C2O)cc1C(F)(F)F. The van der Waals surface area contributed by atoms with E-state index < -0.39 is 30.2 Å². The number of halogens is 3. The van der Waals surface area contributed by atoms with Gasteiger partial charge < -0.3 is 10.2 Å². The maximum absolute atomic E-state index is 12.8. The molecule has 0 spiro atoms. The lowest BCUT2D eigenvalue weighted by atomic mass is 10.1. The van der Waals surface area contributed by atoms with Gasteiger partial charge in [-0.2, -0.15) is 13.2 Å². The van der Waals surface area contributed by atoms with Crippen LogP contribution in [0.5, 0.6) is 0 Å². The zero-order valence-corrected chi connectivity index (χ0v) is 10.6. The Bertz CT molecular complexity index is 549. The van der Waals surface area contributed by atoms with Gasteiger partial charge in [0.2, 0.25) is 0 Å². The van der Waals surface area contributed by atoms with E-state index in [2.05, 4.69) is 4.98 Å². The quantitative estimate of drug-likeness (QED) is 0.806. The molecule has 1 aliphatic rings. The molecule has 0 bridgehead atoms. The molecule has 2 unspecified atom stereocenters. The fourth-order valence-electron chi connectivity index (χ4n) is 1.91. The van der Waals surface area contributed by atoms with Crippen LogP contribution in [0.15, 0.2) is 12.3 Å². The molecular weight excluding hydrogens is 279 g/mol. The topological polar surface area (TPSA) is 76.9 Å². The van der Waals surface area contributed by atoms with Crippen molar-refractivity contribution in [1.29, 1.82) is 0 Å². The second-order valence-electron chi connectivity index (χ2n) is 4.45. The summed E-state index contributed by atoms with van der Waals surface area (Å²) in [5.41, 5.74) is -1.05. The Balaban J connectivity index is 2.47. The van der Waals surface area contributed by atoms with E-state index in [0.717, 1.165) is 11.1 Å². The summed E-state index contributed by atoms with van der Waals surface area (Å²) in [5.74, 6) is -0.371. The largest absolute Gasteiger partial charge is 0.416 e. The molecule has 1 saturated heterocycles. The van der Waals surface area contributed by atoms with Crippen molar-refractivity contribution >= 4 is 11.8 Å². The number of aliphatic hydroxyl groups is 2. The van der Waals surface area contributed by atoms with Crippen molar-refractivity contribution < 1.29 is 28.2 Å². The predicted molar refractivity (Wildman–Crippen MR) is 61.6 cm³/mol. The first-order valence-corrected chi connectivity index (χ1v) is 5.60. The van der Waals surface area contributed by atoms with E-state index >= 15 is 0 Å². The number of pyridine rings is 1. The van der Waals surface area contributed by atoms with Gasteiger partial charge in [-0.05, 0) is 18.6 Å². The van der Waals surface area contributed by atoms with Gasteiger partial charge in [-0.25, -0.2) is 14.7 Å². The molecule has 2 N–H and O–H groups in total. The first-order chi connectivity index (χ1) is 9.14. The van der Waals surface area contributed by atoms with E-state index in [4.69, 9.17) is 0 Å². The summed E-state index contributed by atoms with van der Waals surface area (Å²) < 4.78 is 38.4. The monoisotopic (exact) mass is 291 g/mol. The number of hydrogen-bond donors (Lipinski definition) is 2. The summed E-state index contributed by atoms with van der Waals surface area (Å²) in [6, 6.07) is -0.169. The summed E-state index contributed by atoms with van der Waals surface area (Å²) >= 11 is 0. The minimum atomic E-state index is -4.60. The van der Waals surface area contributed by atoms with Gasteiger partial charge in [0.1, 0.15) is 5.82 Å². The third kappa shape index (κ3) is 2.18. The molecule has 1 aromatic heterocycles. The average molecular weight is 291 g/mol. The zero-order chi connectivity index (χ0) is 15.2. The van der Waals surface area contributed by atoms with Crippen LogP contribution in [0.25, 0.3) is 0 Å². The lowest BCUT2D eigenvalue weighted by molar-refractivity contribution is -0.138. The van der Waals surface area contributed by atoms with Crippen molar-refractivity contribution in [2.45, 2.75) is 25.6 Å². The van der Waals surface area contributed by atoms with E-state index in [1.807, 2.05) is 0 Å². The highest BCUT2D eigenvalue weighted by Crippen LogP contribution is 2.34. The highest BCUT2D eigenvalue weighted by molar-refractivity contribution is 5.93. The van der Waals surface area contributed by atoms with Crippen LogP contribution in [0.1, 0.15) is 11.1 Å². The van der Waals surface area contributed by atoms with Crippen LogP contribution < -0.4 is 4.90 Å². The third-order valence-electron chi connectivity index (χ3n) is 3.08. The highest BCUT2D eigenvalue weighted by Gasteiger charge is 2.44. The van der Waals surface area contributed by atoms with Gasteiger partial charge in [-0.1, -0.05) is 0 Å². The first-order valence-electron chi connectivity index (χ1n) is 5.60. The number of likely N-dealkylation sites (N-methyl/N-ethyl adjacent to an activating group) is 1. The smallest absolute Gasteiger partial charge is 0.369 e. The Hall–Kier alpha value is -1.87. The minimum absolute atomic E-state index is 0.101. The van der Waals surface area contributed by atoms with E-state index in [1.165, 1.54) is 14.0 Å². The lowest BCUT2D eigenvalue weighted by Gasteiger charge is -2.20. The molecule has 2 atom stereocenters. The van der Waals surface area contributed by atoms with Gasteiger partial charge in [-0.3, -0.25) is 4.90 Å². The molecule has 1 aliphatic heterocycles. The summed E-state index contributed by atoms with van der Waals surface area (Å²) in [7, 11) is 1.22. The van der Waals surface area contributed by atoms with Crippen molar-refractivity contribution in [3.8, 4) is 0 Å². The average Bonchev–Trinajstić information content (AvgIpc) is 2.54. The number of carbonyl (C=O) groups excluding carboxylic acids is 1. The van der Waals surface area contributed by atoms with Crippen molar-refractivity contribution in [3.05, 3.63) is 23.4 Å². The summed E-state index contributed by atoms with van der Waals surface area (Å²) in [4.78, 5) is 16.9. The van der Waals surface area contributed by atoms with Gasteiger partial charge >= 0.3 is 12.2 Å².